The number of likely N-dealkylation sites (tertiary alicyclic amines) is 1. The fourth-order valence-electron chi connectivity index (χ4n) is 3.53. The first-order valence-corrected chi connectivity index (χ1v) is 8.60. The summed E-state index contributed by atoms with van der Waals surface area (Å²) in [6, 6.07) is 12.2. The van der Waals surface area contributed by atoms with Gasteiger partial charge in [0.1, 0.15) is 11.6 Å². The lowest BCUT2D eigenvalue weighted by molar-refractivity contribution is -0.131. The van der Waals surface area contributed by atoms with Gasteiger partial charge in [-0.3, -0.25) is 4.79 Å². The summed E-state index contributed by atoms with van der Waals surface area (Å²) in [6.07, 6.45) is 2.17. The number of nitrogens with zero attached hydrogens (tertiary/aromatic N) is 2. The van der Waals surface area contributed by atoms with E-state index in [0.717, 1.165) is 41.8 Å². The maximum atomic E-state index is 13.0. The molecule has 1 saturated heterocycles. The molecule has 4 nitrogen and oxygen atoms in total. The number of benzene rings is 2. The van der Waals surface area contributed by atoms with Crippen LogP contribution in [0.5, 0.6) is 0 Å². The molecule has 0 spiro atoms. The van der Waals surface area contributed by atoms with E-state index in [1.165, 1.54) is 17.7 Å². The Morgan fingerprint density at radius 1 is 1.28 bits per heavy atom. The van der Waals surface area contributed by atoms with Crippen molar-refractivity contribution in [3.05, 3.63) is 65.2 Å². The zero-order valence-electron chi connectivity index (χ0n) is 14.1. The molecule has 2 aromatic carbocycles. The van der Waals surface area contributed by atoms with Gasteiger partial charge in [0.25, 0.3) is 0 Å². The number of nitrogens with one attached hydrogen (secondary N) is 1. The summed E-state index contributed by atoms with van der Waals surface area (Å²) in [5.41, 5.74) is 3.95. The second kappa shape index (κ2) is 6.31. The molecule has 0 bridgehead atoms. The number of amides is 1. The molecule has 1 unspecified atom stereocenters. The topological polar surface area (TPSA) is 49.0 Å². The maximum Gasteiger partial charge on any atom is 0.227 e. The minimum Gasteiger partial charge on any atom is -0.340 e. The zero-order chi connectivity index (χ0) is 17.4. The summed E-state index contributed by atoms with van der Waals surface area (Å²) in [6.45, 7) is 2.79. The highest BCUT2D eigenvalue weighted by Crippen LogP contribution is 2.32. The Hall–Kier alpha value is -2.69. The summed E-state index contributed by atoms with van der Waals surface area (Å²) >= 11 is 0. The number of carbonyl (C=O) groups is 1. The number of carbonyl (C=O) groups excluding carboxylic acids is 1. The third-order valence-corrected chi connectivity index (χ3v) is 4.81. The first kappa shape index (κ1) is 15.8. The van der Waals surface area contributed by atoms with E-state index in [2.05, 4.69) is 16.0 Å². The van der Waals surface area contributed by atoms with Crippen molar-refractivity contribution < 1.29 is 9.18 Å². The number of aromatic amines is 1. The Balaban J connectivity index is 1.56. The molecule has 1 amide bonds. The Labute approximate surface area is 145 Å². The summed E-state index contributed by atoms with van der Waals surface area (Å²) in [5, 5.41) is 0. The molecule has 5 heteroatoms. The highest BCUT2D eigenvalue weighted by Gasteiger charge is 2.31. The van der Waals surface area contributed by atoms with Gasteiger partial charge < -0.3 is 9.88 Å². The van der Waals surface area contributed by atoms with E-state index in [1.807, 2.05) is 24.0 Å². The van der Waals surface area contributed by atoms with Crippen LogP contribution in [0.25, 0.3) is 11.0 Å². The highest BCUT2D eigenvalue weighted by molar-refractivity contribution is 5.80. The van der Waals surface area contributed by atoms with Gasteiger partial charge in [-0.2, -0.15) is 0 Å². The lowest BCUT2D eigenvalue weighted by atomic mass is 10.1. The Morgan fingerprint density at radius 2 is 2.08 bits per heavy atom. The van der Waals surface area contributed by atoms with Gasteiger partial charge in [-0.1, -0.05) is 18.2 Å². The molecule has 25 heavy (non-hydrogen) atoms. The predicted molar refractivity (Wildman–Crippen MR) is 94.6 cm³/mol. The van der Waals surface area contributed by atoms with Crippen LogP contribution in [0.1, 0.15) is 35.8 Å². The van der Waals surface area contributed by atoms with Gasteiger partial charge in [0.2, 0.25) is 5.91 Å². The summed E-state index contributed by atoms with van der Waals surface area (Å²) < 4.78 is 13.0. The van der Waals surface area contributed by atoms with Gasteiger partial charge in [-0.05, 0) is 55.2 Å². The smallest absolute Gasteiger partial charge is 0.227 e. The minimum atomic E-state index is -0.284. The van der Waals surface area contributed by atoms with Crippen LogP contribution in [0.4, 0.5) is 4.39 Å². The van der Waals surface area contributed by atoms with Crippen LogP contribution in [0, 0.1) is 12.7 Å². The third kappa shape index (κ3) is 3.14. The number of hydrogen-bond acceptors (Lipinski definition) is 2. The van der Waals surface area contributed by atoms with Crippen LogP contribution >= 0.6 is 0 Å². The van der Waals surface area contributed by atoms with Gasteiger partial charge in [-0.25, -0.2) is 9.37 Å². The first-order chi connectivity index (χ1) is 12.1. The molecule has 128 valence electrons. The van der Waals surface area contributed by atoms with Gasteiger partial charge >= 0.3 is 0 Å². The van der Waals surface area contributed by atoms with E-state index in [4.69, 9.17) is 0 Å². The standard InChI is InChI=1S/C20H20FN3O/c1-13-4-9-16-17(11-13)23-20(22-16)18-3-2-10-24(18)19(25)12-14-5-7-15(21)8-6-14/h4-9,11,18H,2-3,10,12H2,1H3,(H,22,23). The van der Waals surface area contributed by atoms with E-state index in [9.17, 15) is 9.18 Å². The molecule has 3 aromatic rings. The van der Waals surface area contributed by atoms with Gasteiger partial charge in [0, 0.05) is 6.54 Å². The van der Waals surface area contributed by atoms with Crippen LogP contribution in [0.3, 0.4) is 0 Å². The van der Waals surface area contributed by atoms with E-state index >= 15 is 0 Å². The van der Waals surface area contributed by atoms with Crippen molar-refractivity contribution in [3.63, 3.8) is 0 Å². The van der Waals surface area contributed by atoms with Crippen LogP contribution in [-0.2, 0) is 11.2 Å². The number of hydrogen-bond donors (Lipinski definition) is 1. The third-order valence-electron chi connectivity index (χ3n) is 4.81. The van der Waals surface area contributed by atoms with Crippen molar-refractivity contribution >= 4 is 16.9 Å². The van der Waals surface area contributed by atoms with Crippen LogP contribution in [0.15, 0.2) is 42.5 Å². The lowest BCUT2D eigenvalue weighted by Crippen LogP contribution is -2.32. The monoisotopic (exact) mass is 337 g/mol. The molecule has 2 heterocycles. The molecule has 1 N–H and O–H groups in total. The van der Waals surface area contributed by atoms with E-state index < -0.39 is 0 Å². The van der Waals surface area contributed by atoms with Crippen molar-refractivity contribution in [2.45, 2.75) is 32.2 Å². The van der Waals surface area contributed by atoms with Crippen molar-refractivity contribution in [1.82, 2.24) is 14.9 Å². The number of fused-ring (bicyclic) bond motifs is 1. The molecule has 1 aliphatic heterocycles. The van der Waals surface area contributed by atoms with Crippen molar-refractivity contribution in [1.29, 1.82) is 0 Å². The number of imidazole rings is 1. The van der Waals surface area contributed by atoms with E-state index in [0.29, 0.717) is 0 Å². The summed E-state index contributed by atoms with van der Waals surface area (Å²) in [5.74, 6) is 0.629. The molecule has 1 fully saturated rings. The SMILES string of the molecule is Cc1ccc2nc(C3CCCN3C(=O)Cc3ccc(F)cc3)[nH]c2c1. The number of aryl methyl sites for hydroxylation is 1. The number of H-pyrrole nitrogens is 1. The molecule has 0 radical (unpaired) electrons. The first-order valence-electron chi connectivity index (χ1n) is 8.60. The second-order valence-corrected chi connectivity index (χ2v) is 6.69. The number of aromatic nitrogens is 2. The van der Waals surface area contributed by atoms with Crippen molar-refractivity contribution in [2.75, 3.05) is 6.54 Å². The maximum absolute atomic E-state index is 13.0. The average molecular weight is 337 g/mol. The van der Waals surface area contributed by atoms with Crippen LogP contribution < -0.4 is 0 Å². The van der Waals surface area contributed by atoms with Gasteiger partial charge in [0.15, 0.2) is 0 Å². The van der Waals surface area contributed by atoms with Crippen molar-refractivity contribution in [2.24, 2.45) is 0 Å². The number of halogens is 1. The predicted octanol–water partition coefficient (Wildman–Crippen LogP) is 3.92. The van der Waals surface area contributed by atoms with Gasteiger partial charge in [-0.15, -0.1) is 0 Å². The largest absolute Gasteiger partial charge is 0.340 e. The molecule has 0 aliphatic carbocycles. The number of rotatable bonds is 3. The molecule has 1 aliphatic rings. The minimum absolute atomic E-state index is 0.0133. The molecule has 4 rings (SSSR count). The Morgan fingerprint density at radius 3 is 2.88 bits per heavy atom. The molecule has 1 atom stereocenters. The average Bonchev–Trinajstić information content (AvgIpc) is 3.22. The Bertz CT molecular complexity index is 916. The molecular weight excluding hydrogens is 317 g/mol. The molecule has 0 saturated carbocycles. The summed E-state index contributed by atoms with van der Waals surface area (Å²) in [7, 11) is 0. The van der Waals surface area contributed by atoms with E-state index in [1.54, 1.807) is 12.1 Å². The summed E-state index contributed by atoms with van der Waals surface area (Å²) in [4.78, 5) is 22.7. The fourth-order valence-corrected chi connectivity index (χ4v) is 3.53. The van der Waals surface area contributed by atoms with Crippen LogP contribution in [0.2, 0.25) is 0 Å². The zero-order valence-corrected chi connectivity index (χ0v) is 14.1. The van der Waals surface area contributed by atoms with Crippen LogP contribution in [-0.4, -0.2) is 27.3 Å². The quantitative estimate of drug-likeness (QED) is 0.787. The molecule has 1 aromatic heterocycles. The Kier molecular flexibility index (Phi) is 3.99. The molecular formula is C20H20FN3O. The van der Waals surface area contributed by atoms with E-state index in [-0.39, 0.29) is 24.2 Å². The fraction of sp³-hybridized carbons (Fsp3) is 0.300. The highest BCUT2D eigenvalue weighted by atomic mass is 19.1. The van der Waals surface area contributed by atoms with Crippen molar-refractivity contribution in [3.8, 4) is 0 Å². The lowest BCUT2D eigenvalue weighted by Gasteiger charge is -2.23. The van der Waals surface area contributed by atoms with Gasteiger partial charge in [0.05, 0.1) is 23.5 Å². The second-order valence-electron chi connectivity index (χ2n) is 6.69. The normalized spacial score (nSPS) is 17.4.